The molecule has 2 N–H and O–H groups in total. The Labute approximate surface area is 169 Å². The normalized spacial score (nSPS) is 11.7. The van der Waals surface area contributed by atoms with E-state index in [2.05, 4.69) is 36.6 Å². The number of carbonyl (C=O) groups is 2. The van der Waals surface area contributed by atoms with E-state index in [4.69, 9.17) is 0 Å². The lowest BCUT2D eigenvalue weighted by molar-refractivity contribution is -0.384. The molecule has 0 atom stereocenters. The molecule has 0 bridgehead atoms. The Bertz CT molecular complexity index is 944. The molecule has 0 unspecified atom stereocenters. The molecule has 0 saturated carbocycles. The maximum absolute atomic E-state index is 12.2. The topological polar surface area (TPSA) is 114 Å². The molecule has 2 rings (SSSR count). The first kappa shape index (κ1) is 21.7. The van der Waals surface area contributed by atoms with E-state index < -0.39 is 10.8 Å². The number of hydrogen-bond donors (Lipinski definition) is 2. The molecular weight excluding hydrogens is 372 g/mol. The van der Waals surface area contributed by atoms with Crippen LogP contribution in [0.2, 0.25) is 0 Å². The van der Waals surface area contributed by atoms with Crippen LogP contribution in [0.5, 0.6) is 0 Å². The highest BCUT2D eigenvalue weighted by atomic mass is 16.6. The van der Waals surface area contributed by atoms with Crippen molar-refractivity contribution >= 4 is 28.9 Å². The summed E-state index contributed by atoms with van der Waals surface area (Å²) in [5.41, 5.74) is 4.61. The summed E-state index contributed by atoms with van der Waals surface area (Å²) in [4.78, 5) is 34.5. The Morgan fingerprint density at radius 1 is 1.10 bits per heavy atom. The summed E-state index contributed by atoms with van der Waals surface area (Å²) in [6.45, 7) is 7.88. The third-order valence-electron chi connectivity index (χ3n) is 4.12. The van der Waals surface area contributed by atoms with E-state index in [1.165, 1.54) is 18.2 Å². The van der Waals surface area contributed by atoms with Crippen molar-refractivity contribution in [3.8, 4) is 0 Å². The maximum atomic E-state index is 12.2. The number of hydrogen-bond acceptors (Lipinski definition) is 5. The van der Waals surface area contributed by atoms with Crippen molar-refractivity contribution in [3.05, 3.63) is 69.8 Å². The molecule has 0 aliphatic heterocycles. The fraction of sp³-hybridized carbons (Fsp3) is 0.286. The number of amides is 2. The van der Waals surface area contributed by atoms with Gasteiger partial charge in [0.05, 0.1) is 11.3 Å². The minimum Gasteiger partial charge on any atom is -0.326 e. The van der Waals surface area contributed by atoms with Crippen LogP contribution in [0.15, 0.2) is 53.6 Å². The van der Waals surface area contributed by atoms with Crippen LogP contribution in [0.1, 0.15) is 50.0 Å². The summed E-state index contributed by atoms with van der Waals surface area (Å²) in [5.74, 6) is -0.764. The number of rotatable bonds is 6. The van der Waals surface area contributed by atoms with Crippen molar-refractivity contribution in [2.45, 2.75) is 39.5 Å². The number of hydrazone groups is 1. The Hall–Kier alpha value is -3.55. The lowest BCUT2D eigenvalue weighted by atomic mass is 9.87. The summed E-state index contributed by atoms with van der Waals surface area (Å²) >= 11 is 0. The van der Waals surface area contributed by atoms with Gasteiger partial charge in [0, 0.05) is 29.1 Å². The minimum atomic E-state index is -0.536. The van der Waals surface area contributed by atoms with Crippen molar-refractivity contribution in [3.63, 3.8) is 0 Å². The second kappa shape index (κ2) is 9.09. The monoisotopic (exact) mass is 396 g/mol. The molecule has 2 aromatic rings. The smallest absolute Gasteiger partial charge is 0.271 e. The van der Waals surface area contributed by atoms with Crippen LogP contribution in [-0.4, -0.2) is 22.4 Å². The van der Waals surface area contributed by atoms with Gasteiger partial charge in [-0.1, -0.05) is 39.0 Å². The average Bonchev–Trinajstić information content (AvgIpc) is 2.65. The molecule has 8 heteroatoms. The quantitative estimate of drug-likeness (QED) is 0.436. The minimum absolute atomic E-state index is 0.00368. The van der Waals surface area contributed by atoms with Gasteiger partial charge in [0.15, 0.2) is 0 Å². The Morgan fingerprint density at radius 2 is 1.76 bits per heavy atom. The van der Waals surface area contributed by atoms with E-state index in [0.717, 1.165) is 5.56 Å². The van der Waals surface area contributed by atoms with Gasteiger partial charge in [-0.05, 0) is 36.1 Å². The van der Waals surface area contributed by atoms with E-state index in [9.17, 15) is 19.7 Å². The van der Waals surface area contributed by atoms with Crippen molar-refractivity contribution in [1.29, 1.82) is 0 Å². The standard InChI is InChI=1S/C21H24N4O4/c1-14(12-19(26)22-17-6-5-7-18(13-17)25(28)29)23-24-20(27)15-8-10-16(11-9-15)21(2,3)4/h5-11,13H,12H2,1-4H3,(H,22,26)(H,24,27)/b23-14-. The summed E-state index contributed by atoms with van der Waals surface area (Å²) in [6.07, 6.45) is -0.0636. The molecule has 0 spiro atoms. The SMILES string of the molecule is C/C(CC(=O)Nc1cccc([N+](=O)[O-])c1)=N/NC(=O)c1ccc(C(C)(C)C)cc1. The summed E-state index contributed by atoms with van der Waals surface area (Å²) in [7, 11) is 0. The molecule has 29 heavy (non-hydrogen) atoms. The number of carbonyl (C=O) groups excluding carboxylic acids is 2. The number of non-ortho nitro benzene ring substituents is 1. The van der Waals surface area contributed by atoms with E-state index in [1.54, 1.807) is 25.1 Å². The number of nitro groups is 1. The Morgan fingerprint density at radius 3 is 2.34 bits per heavy atom. The second-order valence-electron chi connectivity index (χ2n) is 7.65. The molecule has 0 saturated heterocycles. The predicted molar refractivity (Wildman–Crippen MR) is 112 cm³/mol. The van der Waals surface area contributed by atoms with Gasteiger partial charge in [-0.15, -0.1) is 0 Å². The second-order valence-corrected chi connectivity index (χ2v) is 7.65. The van der Waals surface area contributed by atoms with Crippen LogP contribution in [0.3, 0.4) is 0 Å². The van der Waals surface area contributed by atoms with E-state index >= 15 is 0 Å². The van der Waals surface area contributed by atoms with Crippen LogP contribution < -0.4 is 10.7 Å². The van der Waals surface area contributed by atoms with E-state index in [0.29, 0.717) is 17.0 Å². The van der Waals surface area contributed by atoms with Crippen LogP contribution in [0.25, 0.3) is 0 Å². The van der Waals surface area contributed by atoms with Crippen LogP contribution in [-0.2, 0) is 10.2 Å². The number of nitro benzene ring substituents is 1. The molecule has 2 amide bonds. The van der Waals surface area contributed by atoms with Crippen molar-refractivity contribution in [2.75, 3.05) is 5.32 Å². The fourth-order valence-electron chi connectivity index (χ4n) is 2.51. The van der Waals surface area contributed by atoms with Gasteiger partial charge >= 0.3 is 0 Å². The fourth-order valence-corrected chi connectivity index (χ4v) is 2.51. The van der Waals surface area contributed by atoms with E-state index in [-0.39, 0.29) is 23.4 Å². The zero-order valence-corrected chi connectivity index (χ0v) is 16.9. The van der Waals surface area contributed by atoms with Crippen molar-refractivity contribution in [1.82, 2.24) is 5.43 Å². The highest BCUT2D eigenvalue weighted by molar-refractivity contribution is 6.06. The zero-order valence-electron chi connectivity index (χ0n) is 16.9. The van der Waals surface area contributed by atoms with Crippen molar-refractivity contribution in [2.24, 2.45) is 5.10 Å². The molecule has 0 fully saturated rings. The number of benzene rings is 2. The third-order valence-corrected chi connectivity index (χ3v) is 4.12. The van der Waals surface area contributed by atoms with Gasteiger partial charge < -0.3 is 5.32 Å². The summed E-state index contributed by atoms with van der Waals surface area (Å²) in [5, 5.41) is 17.3. The predicted octanol–water partition coefficient (Wildman–Crippen LogP) is 4.03. The number of nitrogens with zero attached hydrogens (tertiary/aromatic N) is 2. The highest BCUT2D eigenvalue weighted by Gasteiger charge is 2.14. The number of nitrogens with one attached hydrogen (secondary N) is 2. The Kier molecular flexibility index (Phi) is 6.82. The van der Waals surface area contributed by atoms with Gasteiger partial charge in [-0.3, -0.25) is 19.7 Å². The van der Waals surface area contributed by atoms with Gasteiger partial charge in [-0.25, -0.2) is 5.43 Å². The molecule has 0 radical (unpaired) electrons. The molecule has 0 aromatic heterocycles. The lowest BCUT2D eigenvalue weighted by Crippen LogP contribution is -2.21. The largest absolute Gasteiger partial charge is 0.326 e. The molecule has 152 valence electrons. The van der Waals surface area contributed by atoms with Crippen LogP contribution in [0, 0.1) is 10.1 Å². The molecule has 8 nitrogen and oxygen atoms in total. The van der Waals surface area contributed by atoms with Gasteiger partial charge in [0.25, 0.3) is 11.6 Å². The first-order valence-corrected chi connectivity index (χ1v) is 9.04. The third kappa shape index (κ3) is 6.53. The first-order valence-electron chi connectivity index (χ1n) is 9.04. The first-order chi connectivity index (χ1) is 13.6. The lowest BCUT2D eigenvalue weighted by Gasteiger charge is -2.18. The van der Waals surface area contributed by atoms with Gasteiger partial charge in [-0.2, -0.15) is 5.10 Å². The Balaban J connectivity index is 1.92. The molecule has 0 aliphatic rings. The zero-order chi connectivity index (χ0) is 21.6. The molecule has 2 aromatic carbocycles. The maximum Gasteiger partial charge on any atom is 0.271 e. The average molecular weight is 396 g/mol. The summed E-state index contributed by atoms with van der Waals surface area (Å²) < 4.78 is 0. The number of anilines is 1. The molecule has 0 aliphatic carbocycles. The van der Waals surface area contributed by atoms with E-state index in [1.807, 2.05) is 12.1 Å². The van der Waals surface area contributed by atoms with Crippen LogP contribution in [0.4, 0.5) is 11.4 Å². The van der Waals surface area contributed by atoms with Crippen LogP contribution >= 0.6 is 0 Å². The van der Waals surface area contributed by atoms with Gasteiger partial charge in [0.2, 0.25) is 5.91 Å². The molecular formula is C21H24N4O4. The van der Waals surface area contributed by atoms with Gasteiger partial charge in [0.1, 0.15) is 0 Å². The highest BCUT2D eigenvalue weighted by Crippen LogP contribution is 2.22. The summed E-state index contributed by atoms with van der Waals surface area (Å²) in [6, 6.07) is 12.9. The van der Waals surface area contributed by atoms with Crippen molar-refractivity contribution < 1.29 is 14.5 Å². The molecule has 0 heterocycles.